The predicted octanol–water partition coefficient (Wildman–Crippen LogP) is 4.39. The number of halogens is 6. The zero-order chi connectivity index (χ0) is 26.7. The van der Waals surface area contributed by atoms with Crippen LogP contribution in [-0.2, 0) is 20.2 Å². The number of rotatable bonds is 6. The van der Waals surface area contributed by atoms with Gasteiger partial charge in [-0.1, -0.05) is 51.4 Å². The molecule has 16 heteroatoms. The average molecular weight is 569 g/mol. The molecule has 0 heterocycles. The summed E-state index contributed by atoms with van der Waals surface area (Å²) in [5.74, 6) is -1.29. The van der Waals surface area contributed by atoms with Gasteiger partial charge in [-0.25, -0.2) is 0 Å². The van der Waals surface area contributed by atoms with Crippen molar-refractivity contribution in [1.29, 1.82) is 0 Å². The lowest BCUT2D eigenvalue weighted by molar-refractivity contribution is -0.0504. The Bertz CT molecular complexity index is 1220. The van der Waals surface area contributed by atoms with Gasteiger partial charge in [-0.15, -0.1) is 0 Å². The molecule has 192 valence electrons. The Kier molecular flexibility index (Phi) is 7.04. The molecule has 0 amide bonds. The molecule has 6 nitrogen and oxygen atoms in total. The van der Waals surface area contributed by atoms with Crippen LogP contribution in [-0.4, -0.2) is 44.0 Å². The largest absolute Gasteiger partial charge is 0.534 e. The summed E-state index contributed by atoms with van der Waals surface area (Å²) in [5, 5.41) is 0.712. The molecule has 0 unspecified atom stereocenters. The Balaban J connectivity index is 2.89. The highest BCUT2D eigenvalue weighted by atomic mass is 32.2. The van der Waals surface area contributed by atoms with Gasteiger partial charge in [0.1, 0.15) is 11.5 Å². The zero-order valence-electron chi connectivity index (χ0n) is 18.8. The van der Waals surface area contributed by atoms with Gasteiger partial charge in [-0.3, -0.25) is 0 Å². The quantitative estimate of drug-likeness (QED) is 0.222. The van der Waals surface area contributed by atoms with Crippen LogP contribution in [0.2, 0.25) is 39.3 Å². The van der Waals surface area contributed by atoms with Crippen LogP contribution in [0.4, 0.5) is 26.3 Å². The van der Waals surface area contributed by atoms with E-state index in [0.29, 0.717) is 5.39 Å². The van der Waals surface area contributed by atoms with E-state index in [1.54, 1.807) is 39.3 Å². The van der Waals surface area contributed by atoms with E-state index < -0.39 is 58.9 Å². The van der Waals surface area contributed by atoms with E-state index in [4.69, 9.17) is 0 Å². The normalized spacial score (nSPS) is 14.4. The molecule has 0 saturated heterocycles. The van der Waals surface area contributed by atoms with Gasteiger partial charge < -0.3 is 8.37 Å². The standard InChI is InChI=1S/C18H22F6O6S2Si2/c1-33(2,3)15-9-12-10-16(34(4,5)6)14(30-32(27,28)18(22,23)24)8-11(12)7-13(15)29-31(25,26)17(19,20)21/h7-10H,1-6H3. The number of alkyl halides is 6. The van der Waals surface area contributed by atoms with Crippen molar-refractivity contribution in [2.45, 2.75) is 50.3 Å². The first-order valence-corrected chi connectivity index (χ1v) is 19.3. The molecule has 0 N–H and O–H groups in total. The Morgan fingerprint density at radius 1 is 0.588 bits per heavy atom. The first-order chi connectivity index (χ1) is 14.9. The lowest BCUT2D eigenvalue weighted by atomic mass is 10.1. The van der Waals surface area contributed by atoms with Gasteiger partial charge in [-0.05, 0) is 33.3 Å². The molecule has 0 aromatic heterocycles. The predicted molar refractivity (Wildman–Crippen MR) is 121 cm³/mol. The van der Waals surface area contributed by atoms with Crippen molar-refractivity contribution < 1.29 is 51.5 Å². The van der Waals surface area contributed by atoms with Crippen LogP contribution in [0.3, 0.4) is 0 Å². The molecule has 0 bridgehead atoms. The van der Waals surface area contributed by atoms with Gasteiger partial charge in [0, 0.05) is 0 Å². The Morgan fingerprint density at radius 3 is 1.09 bits per heavy atom. The molecule has 0 aliphatic rings. The molecule has 0 fully saturated rings. The molecule has 2 rings (SSSR count). The van der Waals surface area contributed by atoms with Crippen LogP contribution in [0.25, 0.3) is 10.8 Å². The molecular weight excluding hydrogens is 546 g/mol. The van der Waals surface area contributed by atoms with Crippen molar-refractivity contribution in [3.05, 3.63) is 24.3 Å². The van der Waals surface area contributed by atoms with Crippen LogP contribution < -0.4 is 18.7 Å². The molecule has 34 heavy (non-hydrogen) atoms. The average Bonchev–Trinajstić information content (AvgIpc) is 2.56. The van der Waals surface area contributed by atoms with Crippen LogP contribution in [0.5, 0.6) is 11.5 Å². The number of hydrogen-bond acceptors (Lipinski definition) is 6. The number of hydrogen-bond donors (Lipinski definition) is 0. The Hall–Kier alpha value is -1.79. The third-order valence-corrected chi connectivity index (χ3v) is 10.6. The molecule has 2 aromatic carbocycles. The van der Waals surface area contributed by atoms with E-state index in [2.05, 4.69) is 8.37 Å². The maximum absolute atomic E-state index is 12.9. The Labute approximate surface area is 195 Å². The monoisotopic (exact) mass is 568 g/mol. The van der Waals surface area contributed by atoms with E-state index in [-0.39, 0.29) is 15.8 Å². The summed E-state index contributed by atoms with van der Waals surface area (Å²) in [5.41, 5.74) is -11.4. The lowest BCUT2D eigenvalue weighted by Crippen LogP contribution is -2.41. The summed E-state index contributed by atoms with van der Waals surface area (Å²) in [7, 11) is -17.1. The summed E-state index contributed by atoms with van der Waals surface area (Å²) >= 11 is 0. The molecule has 0 spiro atoms. The van der Waals surface area contributed by atoms with Gasteiger partial charge in [-0.2, -0.15) is 43.2 Å². The van der Waals surface area contributed by atoms with Crippen molar-refractivity contribution in [1.82, 2.24) is 0 Å². The van der Waals surface area contributed by atoms with E-state index in [9.17, 15) is 43.2 Å². The molecule has 0 aliphatic carbocycles. The zero-order valence-corrected chi connectivity index (χ0v) is 22.5. The van der Waals surface area contributed by atoms with Crippen molar-refractivity contribution in [2.75, 3.05) is 0 Å². The lowest BCUT2D eigenvalue weighted by Gasteiger charge is -2.24. The molecular formula is C18H22F6O6S2Si2. The maximum Gasteiger partial charge on any atom is 0.534 e. The van der Waals surface area contributed by atoms with Crippen molar-refractivity contribution >= 4 is 57.5 Å². The minimum absolute atomic E-state index is 0.0660. The van der Waals surface area contributed by atoms with Crippen LogP contribution >= 0.6 is 0 Å². The second kappa shape index (κ2) is 8.41. The SMILES string of the molecule is C[Si](C)(C)c1cc2cc([Si](C)(C)C)c(OS(=O)(=O)C(F)(F)F)cc2cc1OS(=O)(=O)C(F)(F)F. The smallest absolute Gasteiger partial charge is 0.376 e. The van der Waals surface area contributed by atoms with Gasteiger partial charge in [0.2, 0.25) is 0 Å². The second-order valence-electron chi connectivity index (χ2n) is 9.51. The van der Waals surface area contributed by atoms with E-state index in [1.807, 2.05) is 0 Å². The third kappa shape index (κ3) is 5.88. The number of benzene rings is 2. The minimum atomic E-state index is -6.04. The summed E-state index contributed by atoms with van der Waals surface area (Å²) in [6.45, 7) is 10.4. The van der Waals surface area contributed by atoms with Crippen molar-refractivity contribution in [2.24, 2.45) is 0 Å². The first-order valence-electron chi connectivity index (χ1n) is 9.51. The molecule has 0 saturated carbocycles. The van der Waals surface area contributed by atoms with Gasteiger partial charge in [0.15, 0.2) is 0 Å². The van der Waals surface area contributed by atoms with Crippen molar-refractivity contribution in [3.63, 3.8) is 0 Å². The van der Waals surface area contributed by atoms with Crippen LogP contribution in [0.15, 0.2) is 24.3 Å². The highest BCUT2D eigenvalue weighted by Gasteiger charge is 2.50. The second-order valence-corrected chi connectivity index (χ2v) is 22.7. The van der Waals surface area contributed by atoms with Gasteiger partial charge in [0.25, 0.3) is 0 Å². The fraction of sp³-hybridized carbons (Fsp3) is 0.444. The van der Waals surface area contributed by atoms with E-state index in [0.717, 1.165) is 12.1 Å². The topological polar surface area (TPSA) is 86.7 Å². The third-order valence-electron chi connectivity index (χ3n) is 4.62. The number of fused-ring (bicyclic) bond motifs is 1. The molecule has 2 aromatic rings. The minimum Gasteiger partial charge on any atom is -0.376 e. The maximum atomic E-state index is 12.9. The Morgan fingerprint density at radius 2 is 0.853 bits per heavy atom. The fourth-order valence-corrected chi connectivity index (χ4v) is 6.94. The highest BCUT2D eigenvalue weighted by Crippen LogP contribution is 2.33. The van der Waals surface area contributed by atoms with Gasteiger partial charge >= 0.3 is 31.3 Å². The highest BCUT2D eigenvalue weighted by molar-refractivity contribution is 7.88. The van der Waals surface area contributed by atoms with E-state index >= 15 is 0 Å². The summed E-state index contributed by atoms with van der Waals surface area (Å²) in [4.78, 5) is 0. The van der Waals surface area contributed by atoms with Crippen molar-refractivity contribution in [3.8, 4) is 11.5 Å². The summed E-state index contributed by atoms with van der Waals surface area (Å²) in [6.07, 6.45) is 0. The van der Waals surface area contributed by atoms with Crippen LogP contribution in [0, 0.1) is 0 Å². The summed E-state index contributed by atoms with van der Waals surface area (Å²) in [6, 6.07) is 4.67. The fourth-order valence-electron chi connectivity index (χ4n) is 2.95. The molecule has 0 radical (unpaired) electrons. The van der Waals surface area contributed by atoms with E-state index in [1.165, 1.54) is 12.1 Å². The molecule has 0 atom stereocenters. The first kappa shape index (κ1) is 28.5. The van der Waals surface area contributed by atoms with Gasteiger partial charge in [0.05, 0.1) is 16.1 Å². The van der Waals surface area contributed by atoms with Crippen LogP contribution in [0.1, 0.15) is 0 Å². The molecule has 0 aliphatic heterocycles. The summed E-state index contributed by atoms with van der Waals surface area (Å²) < 4.78 is 133.